The van der Waals surface area contributed by atoms with Crippen LogP contribution in [0.3, 0.4) is 0 Å². The number of carbonyl (C=O) groups is 1. The van der Waals surface area contributed by atoms with Gasteiger partial charge in [-0.05, 0) is 13.8 Å². The molecule has 6 nitrogen and oxygen atoms in total. The molecule has 0 bridgehead atoms. The maximum absolute atomic E-state index is 11.8. The lowest BCUT2D eigenvalue weighted by atomic mass is 10.3. The summed E-state index contributed by atoms with van der Waals surface area (Å²) in [6, 6.07) is 0.119. The Bertz CT molecular complexity index is 352. The van der Waals surface area contributed by atoms with Crippen LogP contribution in [0.4, 0.5) is 5.82 Å². The third-order valence-electron chi connectivity index (χ3n) is 2.10. The van der Waals surface area contributed by atoms with Gasteiger partial charge in [-0.25, -0.2) is 10.8 Å². The minimum Gasteiger partial charge on any atom is -0.338 e. The highest BCUT2D eigenvalue weighted by Gasteiger charge is 2.16. The molecule has 0 atom stereocenters. The highest BCUT2D eigenvalue weighted by molar-refractivity contribution is 5.92. The highest BCUT2D eigenvalue weighted by Crippen LogP contribution is 2.05. The van der Waals surface area contributed by atoms with Gasteiger partial charge in [0.15, 0.2) is 5.82 Å². The van der Waals surface area contributed by atoms with Gasteiger partial charge in [-0.1, -0.05) is 0 Å². The van der Waals surface area contributed by atoms with Gasteiger partial charge in [0.25, 0.3) is 5.91 Å². The zero-order chi connectivity index (χ0) is 11.4. The van der Waals surface area contributed by atoms with Crippen LogP contribution < -0.4 is 11.3 Å². The summed E-state index contributed by atoms with van der Waals surface area (Å²) in [4.78, 5) is 21.3. The maximum atomic E-state index is 11.8. The molecule has 0 unspecified atom stereocenters. The van der Waals surface area contributed by atoms with E-state index in [1.165, 1.54) is 12.4 Å². The van der Waals surface area contributed by atoms with Gasteiger partial charge in [0.2, 0.25) is 0 Å². The molecule has 1 aromatic rings. The normalized spacial score (nSPS) is 10.2. The average molecular weight is 209 g/mol. The molecule has 0 aliphatic carbocycles. The third kappa shape index (κ3) is 2.63. The van der Waals surface area contributed by atoms with Crippen molar-refractivity contribution in [3.05, 3.63) is 18.1 Å². The molecule has 0 aliphatic heterocycles. The summed E-state index contributed by atoms with van der Waals surface area (Å²) < 4.78 is 0. The van der Waals surface area contributed by atoms with Crippen molar-refractivity contribution in [2.75, 3.05) is 12.5 Å². The number of aromatic nitrogens is 2. The summed E-state index contributed by atoms with van der Waals surface area (Å²) in [7, 11) is 1.72. The molecule has 6 heteroatoms. The number of nitrogen functional groups attached to an aromatic ring is 1. The SMILES string of the molecule is CC(C)N(C)C(=O)c1cncc(NN)n1. The number of hydrogen-bond acceptors (Lipinski definition) is 5. The summed E-state index contributed by atoms with van der Waals surface area (Å²) in [5.41, 5.74) is 2.63. The molecule has 1 heterocycles. The number of nitrogens with two attached hydrogens (primary N) is 1. The lowest BCUT2D eigenvalue weighted by molar-refractivity contribution is 0.0748. The van der Waals surface area contributed by atoms with E-state index in [1.54, 1.807) is 11.9 Å². The first-order valence-electron chi connectivity index (χ1n) is 4.62. The van der Waals surface area contributed by atoms with E-state index in [4.69, 9.17) is 5.84 Å². The fourth-order valence-corrected chi connectivity index (χ4v) is 0.954. The quantitative estimate of drug-likeness (QED) is 0.550. The van der Waals surface area contributed by atoms with Crippen LogP contribution in [0.2, 0.25) is 0 Å². The van der Waals surface area contributed by atoms with Crippen LogP contribution in [0.15, 0.2) is 12.4 Å². The third-order valence-corrected chi connectivity index (χ3v) is 2.10. The Labute approximate surface area is 88.5 Å². The first-order chi connectivity index (χ1) is 7.06. The Kier molecular flexibility index (Phi) is 3.56. The second-order valence-electron chi connectivity index (χ2n) is 3.44. The van der Waals surface area contributed by atoms with Crippen LogP contribution >= 0.6 is 0 Å². The van der Waals surface area contributed by atoms with E-state index >= 15 is 0 Å². The summed E-state index contributed by atoms with van der Waals surface area (Å²) in [5.74, 6) is 5.38. The number of carbonyl (C=O) groups excluding carboxylic acids is 1. The monoisotopic (exact) mass is 209 g/mol. The zero-order valence-corrected chi connectivity index (χ0v) is 9.06. The number of hydrazine groups is 1. The van der Waals surface area contributed by atoms with E-state index < -0.39 is 0 Å². The van der Waals surface area contributed by atoms with Gasteiger partial charge in [0, 0.05) is 13.1 Å². The maximum Gasteiger partial charge on any atom is 0.274 e. The molecule has 0 spiro atoms. The summed E-state index contributed by atoms with van der Waals surface area (Å²) in [5, 5.41) is 0. The lowest BCUT2D eigenvalue weighted by Crippen LogP contribution is -2.33. The standard InChI is InChI=1S/C9H15N5O/c1-6(2)14(3)9(15)7-4-11-5-8(12-7)13-10/h4-6H,10H2,1-3H3,(H,12,13). The van der Waals surface area contributed by atoms with Crippen molar-refractivity contribution in [1.82, 2.24) is 14.9 Å². The van der Waals surface area contributed by atoms with E-state index in [0.717, 1.165) is 0 Å². The molecule has 0 saturated heterocycles. The molecule has 15 heavy (non-hydrogen) atoms. The van der Waals surface area contributed by atoms with E-state index in [0.29, 0.717) is 5.82 Å². The van der Waals surface area contributed by atoms with E-state index in [9.17, 15) is 4.79 Å². The molecule has 0 radical (unpaired) electrons. The van der Waals surface area contributed by atoms with Crippen molar-refractivity contribution < 1.29 is 4.79 Å². The zero-order valence-electron chi connectivity index (χ0n) is 9.06. The molecule has 1 aromatic heterocycles. The van der Waals surface area contributed by atoms with Crippen molar-refractivity contribution in [3.63, 3.8) is 0 Å². The summed E-state index contributed by atoms with van der Waals surface area (Å²) in [6.45, 7) is 3.85. The summed E-state index contributed by atoms with van der Waals surface area (Å²) in [6.07, 6.45) is 2.87. The summed E-state index contributed by atoms with van der Waals surface area (Å²) >= 11 is 0. The number of amides is 1. The fraction of sp³-hybridized carbons (Fsp3) is 0.444. The van der Waals surface area contributed by atoms with Crippen LogP contribution in [-0.2, 0) is 0 Å². The lowest BCUT2D eigenvalue weighted by Gasteiger charge is -2.20. The molecule has 0 saturated carbocycles. The van der Waals surface area contributed by atoms with Crippen LogP contribution in [0.25, 0.3) is 0 Å². The Morgan fingerprint density at radius 3 is 2.73 bits per heavy atom. The number of rotatable bonds is 3. The van der Waals surface area contributed by atoms with Crippen molar-refractivity contribution in [2.24, 2.45) is 5.84 Å². The molecule has 3 N–H and O–H groups in total. The average Bonchev–Trinajstić information content (AvgIpc) is 2.27. The molecule has 0 fully saturated rings. The molecule has 1 amide bonds. The van der Waals surface area contributed by atoms with Crippen LogP contribution in [0.1, 0.15) is 24.3 Å². The van der Waals surface area contributed by atoms with E-state index in [-0.39, 0.29) is 17.6 Å². The molecule has 82 valence electrons. The predicted molar refractivity (Wildman–Crippen MR) is 57.1 cm³/mol. The van der Waals surface area contributed by atoms with Gasteiger partial charge < -0.3 is 10.3 Å². The fourth-order valence-electron chi connectivity index (χ4n) is 0.954. The Morgan fingerprint density at radius 2 is 2.20 bits per heavy atom. The first-order valence-corrected chi connectivity index (χ1v) is 4.62. The van der Waals surface area contributed by atoms with Gasteiger partial charge in [-0.3, -0.25) is 9.78 Å². The van der Waals surface area contributed by atoms with Crippen molar-refractivity contribution in [2.45, 2.75) is 19.9 Å². The molecular formula is C9H15N5O. The van der Waals surface area contributed by atoms with Crippen molar-refractivity contribution in [3.8, 4) is 0 Å². The topological polar surface area (TPSA) is 84.1 Å². The number of hydrogen-bond donors (Lipinski definition) is 2. The highest BCUT2D eigenvalue weighted by atomic mass is 16.2. The van der Waals surface area contributed by atoms with E-state index in [1.807, 2.05) is 13.8 Å². The first kappa shape index (κ1) is 11.4. The minimum absolute atomic E-state index is 0.119. The van der Waals surface area contributed by atoms with Crippen LogP contribution in [0, 0.1) is 0 Å². The van der Waals surface area contributed by atoms with Gasteiger partial charge in [0.05, 0.1) is 12.4 Å². The smallest absolute Gasteiger partial charge is 0.274 e. The van der Waals surface area contributed by atoms with Crippen LogP contribution in [-0.4, -0.2) is 33.9 Å². The largest absolute Gasteiger partial charge is 0.338 e. The van der Waals surface area contributed by atoms with E-state index in [2.05, 4.69) is 15.4 Å². The van der Waals surface area contributed by atoms with Gasteiger partial charge in [-0.2, -0.15) is 0 Å². The van der Waals surface area contributed by atoms with Crippen molar-refractivity contribution in [1.29, 1.82) is 0 Å². The number of nitrogens with zero attached hydrogens (tertiary/aromatic N) is 3. The molecular weight excluding hydrogens is 194 g/mol. The van der Waals surface area contributed by atoms with Gasteiger partial charge >= 0.3 is 0 Å². The molecule has 0 aliphatic rings. The minimum atomic E-state index is -0.172. The van der Waals surface area contributed by atoms with Gasteiger partial charge in [0.1, 0.15) is 5.69 Å². The Morgan fingerprint density at radius 1 is 1.53 bits per heavy atom. The number of anilines is 1. The second-order valence-corrected chi connectivity index (χ2v) is 3.44. The molecule has 0 aromatic carbocycles. The van der Waals surface area contributed by atoms with Crippen molar-refractivity contribution >= 4 is 11.7 Å². The number of nitrogens with one attached hydrogen (secondary N) is 1. The Balaban J connectivity index is 2.91. The van der Waals surface area contributed by atoms with Gasteiger partial charge in [-0.15, -0.1) is 0 Å². The second kappa shape index (κ2) is 4.70. The molecule has 1 rings (SSSR count). The van der Waals surface area contributed by atoms with Crippen LogP contribution in [0.5, 0.6) is 0 Å². The predicted octanol–water partition coefficient (Wildman–Crippen LogP) is 0.243. The Hall–Kier alpha value is -1.69.